The second kappa shape index (κ2) is 3.84. The Hall–Kier alpha value is -1.29. The number of nitrogens with zero attached hydrogens (tertiary/aromatic N) is 1. The van der Waals surface area contributed by atoms with Crippen LogP contribution in [0.2, 0.25) is 0 Å². The van der Waals surface area contributed by atoms with Crippen molar-refractivity contribution in [2.24, 2.45) is 0 Å². The van der Waals surface area contributed by atoms with Crippen LogP contribution in [0.4, 0.5) is 5.69 Å². The minimum absolute atomic E-state index is 0.221. The van der Waals surface area contributed by atoms with Crippen LogP contribution in [0.25, 0.3) is 0 Å². The van der Waals surface area contributed by atoms with E-state index in [4.69, 9.17) is 0 Å². The van der Waals surface area contributed by atoms with E-state index in [9.17, 15) is 0 Å². The molecule has 74 valence electrons. The molecule has 0 aromatic carbocycles. The quantitative estimate of drug-likeness (QED) is 0.812. The van der Waals surface area contributed by atoms with Crippen molar-refractivity contribution in [2.45, 2.75) is 19.9 Å². The molecule has 0 radical (unpaired) electrons. The minimum Gasteiger partial charge on any atom is -0.375 e. The number of rotatable bonds is 3. The van der Waals surface area contributed by atoms with Gasteiger partial charge in [0.05, 0.1) is 6.04 Å². The van der Waals surface area contributed by atoms with E-state index in [2.05, 4.69) is 39.9 Å². The monoisotopic (exact) mass is 207 g/mol. The number of nitrogens with one attached hydrogen (secondary N) is 2. The lowest BCUT2D eigenvalue weighted by atomic mass is 10.2. The Morgan fingerprint density at radius 2 is 2.36 bits per heavy atom. The lowest BCUT2D eigenvalue weighted by molar-refractivity contribution is 0.810. The number of aryl methyl sites for hydroxylation is 1. The average molecular weight is 207 g/mol. The maximum atomic E-state index is 4.21. The van der Waals surface area contributed by atoms with Gasteiger partial charge < -0.3 is 10.3 Å². The first-order valence-electron chi connectivity index (χ1n) is 4.56. The van der Waals surface area contributed by atoms with Gasteiger partial charge in [-0.25, -0.2) is 4.98 Å². The number of hydrogen-bond donors (Lipinski definition) is 2. The van der Waals surface area contributed by atoms with Gasteiger partial charge in [0.1, 0.15) is 5.82 Å². The molecule has 0 aliphatic rings. The van der Waals surface area contributed by atoms with Gasteiger partial charge in [0.15, 0.2) is 0 Å². The van der Waals surface area contributed by atoms with Crippen molar-refractivity contribution in [2.75, 3.05) is 5.32 Å². The highest BCUT2D eigenvalue weighted by Crippen LogP contribution is 2.23. The van der Waals surface area contributed by atoms with Crippen LogP contribution in [0.5, 0.6) is 0 Å². The zero-order valence-corrected chi connectivity index (χ0v) is 9.06. The van der Waals surface area contributed by atoms with E-state index in [1.165, 1.54) is 11.3 Å². The molecule has 2 rings (SSSR count). The van der Waals surface area contributed by atoms with Crippen LogP contribution in [0.15, 0.2) is 23.2 Å². The van der Waals surface area contributed by atoms with E-state index >= 15 is 0 Å². The van der Waals surface area contributed by atoms with Gasteiger partial charge in [-0.3, -0.25) is 0 Å². The largest absolute Gasteiger partial charge is 0.375 e. The van der Waals surface area contributed by atoms with Gasteiger partial charge >= 0.3 is 0 Å². The summed E-state index contributed by atoms with van der Waals surface area (Å²) in [7, 11) is 0. The van der Waals surface area contributed by atoms with E-state index < -0.39 is 0 Å². The molecule has 4 heteroatoms. The highest BCUT2D eigenvalue weighted by Gasteiger charge is 2.08. The predicted octanol–water partition coefficient (Wildman–Crippen LogP) is 2.95. The highest BCUT2D eigenvalue weighted by molar-refractivity contribution is 7.08. The Kier molecular flexibility index (Phi) is 2.54. The molecule has 0 saturated heterocycles. The maximum Gasteiger partial charge on any atom is 0.128 e. The lowest BCUT2D eigenvalue weighted by Gasteiger charge is -2.12. The van der Waals surface area contributed by atoms with Gasteiger partial charge in [0.2, 0.25) is 0 Å². The molecule has 2 heterocycles. The highest BCUT2D eigenvalue weighted by atomic mass is 32.1. The fourth-order valence-corrected chi connectivity index (χ4v) is 2.11. The first-order chi connectivity index (χ1) is 6.77. The van der Waals surface area contributed by atoms with Crippen molar-refractivity contribution in [3.05, 3.63) is 34.5 Å². The maximum absolute atomic E-state index is 4.21. The summed E-state index contributed by atoms with van der Waals surface area (Å²) >= 11 is 1.71. The topological polar surface area (TPSA) is 40.7 Å². The molecule has 0 saturated carbocycles. The molecular formula is C10H13N3S. The van der Waals surface area contributed by atoms with Crippen LogP contribution in [0, 0.1) is 6.92 Å². The summed E-state index contributed by atoms with van der Waals surface area (Å²) in [6, 6.07) is 0.221. The molecule has 14 heavy (non-hydrogen) atoms. The fraction of sp³-hybridized carbons (Fsp3) is 0.300. The molecule has 0 bridgehead atoms. The summed E-state index contributed by atoms with van der Waals surface area (Å²) in [5.41, 5.74) is 2.48. The number of imidazole rings is 1. The Morgan fingerprint density at radius 1 is 1.50 bits per heavy atom. The number of H-pyrrole nitrogens is 1. The standard InChI is InChI=1S/C10H13N3S/c1-7-5-14-6-9(7)13-8(2)10-11-3-4-12-10/h3-6,8,13H,1-2H3,(H,11,12). The number of thiophene rings is 1. The summed E-state index contributed by atoms with van der Waals surface area (Å²) in [5, 5.41) is 7.67. The van der Waals surface area contributed by atoms with E-state index in [0.717, 1.165) is 5.82 Å². The molecule has 0 amide bonds. The Morgan fingerprint density at radius 3 is 2.93 bits per heavy atom. The first kappa shape index (κ1) is 9.27. The third kappa shape index (κ3) is 1.80. The Balaban J connectivity index is 2.09. The Labute approximate surface area is 87.2 Å². The summed E-state index contributed by atoms with van der Waals surface area (Å²) < 4.78 is 0. The van der Waals surface area contributed by atoms with Gasteiger partial charge in [0, 0.05) is 23.5 Å². The van der Waals surface area contributed by atoms with Crippen molar-refractivity contribution < 1.29 is 0 Å². The third-order valence-corrected chi connectivity index (χ3v) is 3.02. The van der Waals surface area contributed by atoms with Gasteiger partial charge in [-0.05, 0) is 24.8 Å². The molecule has 0 aliphatic heterocycles. The smallest absolute Gasteiger partial charge is 0.128 e. The third-order valence-electron chi connectivity index (χ3n) is 2.16. The minimum atomic E-state index is 0.221. The normalized spacial score (nSPS) is 12.7. The lowest BCUT2D eigenvalue weighted by Crippen LogP contribution is -2.08. The summed E-state index contributed by atoms with van der Waals surface area (Å²) in [5.74, 6) is 0.968. The second-order valence-electron chi connectivity index (χ2n) is 3.31. The number of hydrogen-bond acceptors (Lipinski definition) is 3. The molecule has 0 spiro atoms. The van der Waals surface area contributed by atoms with Crippen molar-refractivity contribution in [1.29, 1.82) is 0 Å². The molecule has 2 aromatic heterocycles. The van der Waals surface area contributed by atoms with Gasteiger partial charge in [-0.15, -0.1) is 11.3 Å². The van der Waals surface area contributed by atoms with Crippen molar-refractivity contribution in [3.63, 3.8) is 0 Å². The van der Waals surface area contributed by atoms with Crippen LogP contribution in [0.1, 0.15) is 24.4 Å². The van der Waals surface area contributed by atoms with Crippen LogP contribution >= 0.6 is 11.3 Å². The van der Waals surface area contributed by atoms with Crippen molar-refractivity contribution in [3.8, 4) is 0 Å². The molecule has 1 atom stereocenters. The molecule has 0 aliphatic carbocycles. The van der Waals surface area contributed by atoms with Gasteiger partial charge in [0.25, 0.3) is 0 Å². The van der Waals surface area contributed by atoms with Crippen LogP contribution in [-0.4, -0.2) is 9.97 Å². The number of anilines is 1. The summed E-state index contributed by atoms with van der Waals surface area (Å²) in [6.45, 7) is 4.20. The molecule has 0 fully saturated rings. The summed E-state index contributed by atoms with van der Waals surface area (Å²) in [6.07, 6.45) is 3.61. The molecular weight excluding hydrogens is 194 g/mol. The molecule has 1 unspecified atom stereocenters. The Bertz CT molecular complexity index is 391. The first-order valence-corrected chi connectivity index (χ1v) is 5.50. The van der Waals surface area contributed by atoms with E-state index in [-0.39, 0.29) is 6.04 Å². The van der Waals surface area contributed by atoms with E-state index in [1.54, 1.807) is 17.5 Å². The average Bonchev–Trinajstić information content (AvgIpc) is 2.77. The van der Waals surface area contributed by atoms with Crippen LogP contribution < -0.4 is 5.32 Å². The van der Waals surface area contributed by atoms with Crippen LogP contribution in [0.3, 0.4) is 0 Å². The van der Waals surface area contributed by atoms with Crippen molar-refractivity contribution in [1.82, 2.24) is 9.97 Å². The fourth-order valence-electron chi connectivity index (χ4n) is 1.32. The van der Waals surface area contributed by atoms with Crippen LogP contribution in [-0.2, 0) is 0 Å². The summed E-state index contributed by atoms with van der Waals surface area (Å²) in [4.78, 5) is 7.31. The predicted molar refractivity (Wildman–Crippen MR) is 59.7 cm³/mol. The molecule has 2 aromatic rings. The zero-order valence-electron chi connectivity index (χ0n) is 8.24. The SMILES string of the molecule is Cc1cscc1NC(C)c1ncc[nH]1. The van der Waals surface area contributed by atoms with E-state index in [0.29, 0.717) is 0 Å². The number of aromatic nitrogens is 2. The van der Waals surface area contributed by atoms with Crippen molar-refractivity contribution >= 4 is 17.0 Å². The van der Waals surface area contributed by atoms with Gasteiger partial charge in [-0.1, -0.05) is 0 Å². The zero-order chi connectivity index (χ0) is 9.97. The van der Waals surface area contributed by atoms with E-state index in [1.807, 2.05) is 6.20 Å². The van der Waals surface area contributed by atoms with Gasteiger partial charge in [-0.2, -0.15) is 0 Å². The number of aromatic amines is 1. The molecule has 2 N–H and O–H groups in total. The second-order valence-corrected chi connectivity index (χ2v) is 4.05. The molecule has 3 nitrogen and oxygen atoms in total.